The highest BCUT2D eigenvalue weighted by atomic mass is 16.5. The number of hydrogen-bond donors (Lipinski definition) is 0. The highest BCUT2D eigenvalue weighted by molar-refractivity contribution is 5.97. The molecule has 0 aliphatic carbocycles. The number of amides is 2. The molecule has 23 heavy (non-hydrogen) atoms. The van der Waals surface area contributed by atoms with Crippen molar-refractivity contribution >= 4 is 11.8 Å². The van der Waals surface area contributed by atoms with Gasteiger partial charge in [0.25, 0.3) is 5.91 Å². The molecule has 1 aromatic rings. The van der Waals surface area contributed by atoms with E-state index in [1.165, 1.54) is 0 Å². The minimum Gasteiger partial charge on any atom is -0.496 e. The average Bonchev–Trinajstić information content (AvgIpc) is 2.72. The summed E-state index contributed by atoms with van der Waals surface area (Å²) in [5, 5.41) is 0. The lowest BCUT2D eigenvalue weighted by molar-refractivity contribution is -0.133. The van der Waals surface area contributed by atoms with Gasteiger partial charge in [-0.15, -0.1) is 0 Å². The largest absolute Gasteiger partial charge is 0.496 e. The molecule has 2 fully saturated rings. The average molecular weight is 318 g/mol. The van der Waals surface area contributed by atoms with Gasteiger partial charge in [0.15, 0.2) is 0 Å². The summed E-state index contributed by atoms with van der Waals surface area (Å²) in [6.45, 7) is 1.99. The minimum absolute atomic E-state index is 0.00186. The smallest absolute Gasteiger partial charge is 0.257 e. The summed E-state index contributed by atoms with van der Waals surface area (Å²) in [6, 6.07) is 7.26. The number of nitrogens with zero attached hydrogens (tertiary/aromatic N) is 2. The maximum atomic E-state index is 12.8. The van der Waals surface area contributed by atoms with Crippen LogP contribution in [0.4, 0.5) is 0 Å². The van der Waals surface area contributed by atoms with Crippen LogP contribution in [-0.2, 0) is 9.53 Å². The monoisotopic (exact) mass is 318 g/mol. The van der Waals surface area contributed by atoms with E-state index in [4.69, 9.17) is 9.47 Å². The Labute approximate surface area is 136 Å². The number of fused-ring (bicyclic) bond motifs is 1. The van der Waals surface area contributed by atoms with Crippen molar-refractivity contribution < 1.29 is 19.1 Å². The third kappa shape index (κ3) is 3.17. The van der Waals surface area contributed by atoms with E-state index in [0.29, 0.717) is 30.9 Å². The molecule has 2 saturated heterocycles. The van der Waals surface area contributed by atoms with Crippen molar-refractivity contribution in [2.75, 3.05) is 40.4 Å². The van der Waals surface area contributed by atoms with Crippen molar-refractivity contribution in [3.8, 4) is 5.75 Å². The molecule has 124 valence electrons. The van der Waals surface area contributed by atoms with Gasteiger partial charge in [0.2, 0.25) is 5.91 Å². The van der Waals surface area contributed by atoms with Gasteiger partial charge in [-0.2, -0.15) is 0 Å². The molecule has 2 aliphatic rings. The summed E-state index contributed by atoms with van der Waals surface area (Å²) >= 11 is 0. The Morgan fingerprint density at radius 1 is 1.30 bits per heavy atom. The number of likely N-dealkylation sites (N-methyl/N-ethyl adjacent to an activating group) is 1. The summed E-state index contributed by atoms with van der Waals surface area (Å²) < 4.78 is 11.0. The number of rotatable bonds is 2. The fraction of sp³-hybridized carbons (Fsp3) is 0.529. The van der Waals surface area contributed by atoms with Crippen molar-refractivity contribution in [1.29, 1.82) is 0 Å². The van der Waals surface area contributed by atoms with Crippen LogP contribution in [0.2, 0.25) is 0 Å². The number of benzene rings is 1. The molecule has 0 radical (unpaired) electrons. The number of piperidine rings is 1. The van der Waals surface area contributed by atoms with Crippen molar-refractivity contribution in [2.24, 2.45) is 5.92 Å². The van der Waals surface area contributed by atoms with Crippen molar-refractivity contribution in [1.82, 2.24) is 9.80 Å². The van der Waals surface area contributed by atoms with Crippen LogP contribution in [0.25, 0.3) is 0 Å². The minimum atomic E-state index is -0.0286. The van der Waals surface area contributed by atoms with Crippen molar-refractivity contribution in [2.45, 2.75) is 12.5 Å². The fourth-order valence-electron chi connectivity index (χ4n) is 3.32. The van der Waals surface area contributed by atoms with Gasteiger partial charge >= 0.3 is 0 Å². The quantitative estimate of drug-likeness (QED) is 0.817. The van der Waals surface area contributed by atoms with Crippen LogP contribution in [-0.4, -0.2) is 68.1 Å². The van der Waals surface area contributed by atoms with E-state index in [1.807, 2.05) is 17.0 Å². The number of likely N-dealkylation sites (tertiary alicyclic amines) is 1. The van der Waals surface area contributed by atoms with Gasteiger partial charge in [-0.3, -0.25) is 9.59 Å². The van der Waals surface area contributed by atoms with Gasteiger partial charge in [-0.1, -0.05) is 12.1 Å². The Hall–Kier alpha value is -2.08. The van der Waals surface area contributed by atoms with Crippen LogP contribution >= 0.6 is 0 Å². The van der Waals surface area contributed by atoms with Crippen LogP contribution in [0.3, 0.4) is 0 Å². The predicted octanol–water partition coefficient (Wildman–Crippen LogP) is 1.01. The molecule has 6 nitrogen and oxygen atoms in total. The zero-order chi connectivity index (χ0) is 16.4. The highest BCUT2D eigenvalue weighted by Crippen LogP contribution is 2.26. The Bertz CT molecular complexity index is 604. The van der Waals surface area contributed by atoms with Crippen molar-refractivity contribution in [3.05, 3.63) is 29.8 Å². The third-order valence-electron chi connectivity index (χ3n) is 4.64. The molecule has 3 rings (SSSR count). The molecule has 0 bridgehead atoms. The fourth-order valence-corrected chi connectivity index (χ4v) is 3.32. The standard InChI is InChI=1S/C17H22N2O4/c1-18-9-12-10-19(8-7-14(12)23-11-16(18)20)17(21)13-5-3-4-6-15(13)22-2/h3-6,12,14H,7-11H2,1-2H3/t12-,14-/m0/s1. The number of ether oxygens (including phenoxy) is 2. The van der Waals surface area contributed by atoms with E-state index in [0.717, 1.165) is 6.42 Å². The summed E-state index contributed by atoms with van der Waals surface area (Å²) in [5.74, 6) is 0.712. The first kappa shape index (κ1) is 15.8. The van der Waals surface area contributed by atoms with Gasteiger partial charge in [-0.05, 0) is 18.6 Å². The molecular weight excluding hydrogens is 296 g/mol. The first-order valence-electron chi connectivity index (χ1n) is 7.88. The van der Waals surface area contributed by atoms with Crippen LogP contribution in [0.5, 0.6) is 5.75 Å². The maximum absolute atomic E-state index is 12.8. The van der Waals surface area contributed by atoms with Crippen LogP contribution in [0, 0.1) is 5.92 Å². The Morgan fingerprint density at radius 2 is 2.09 bits per heavy atom. The molecule has 6 heteroatoms. The predicted molar refractivity (Wildman–Crippen MR) is 84.4 cm³/mol. The third-order valence-corrected chi connectivity index (χ3v) is 4.64. The number of hydrogen-bond acceptors (Lipinski definition) is 4. The maximum Gasteiger partial charge on any atom is 0.257 e. The van der Waals surface area contributed by atoms with E-state index in [9.17, 15) is 9.59 Å². The van der Waals surface area contributed by atoms with Gasteiger partial charge in [0, 0.05) is 32.6 Å². The summed E-state index contributed by atoms with van der Waals surface area (Å²) in [4.78, 5) is 28.1. The van der Waals surface area contributed by atoms with E-state index in [-0.39, 0.29) is 30.4 Å². The SMILES string of the molecule is COc1ccccc1C(=O)N1CC[C@@H]2OCC(=O)N(C)C[C@H]2C1. The van der Waals surface area contributed by atoms with Gasteiger partial charge in [0.05, 0.1) is 18.8 Å². The van der Waals surface area contributed by atoms with E-state index < -0.39 is 0 Å². The van der Waals surface area contributed by atoms with E-state index in [1.54, 1.807) is 31.2 Å². The molecule has 0 unspecified atom stereocenters. The lowest BCUT2D eigenvalue weighted by Crippen LogP contribution is -2.48. The molecule has 0 aromatic heterocycles. The number of carbonyl (C=O) groups excluding carboxylic acids is 2. The number of para-hydroxylation sites is 1. The summed E-state index contributed by atoms with van der Waals surface area (Å²) in [6.07, 6.45) is 0.803. The van der Waals surface area contributed by atoms with E-state index in [2.05, 4.69) is 0 Å². The number of methoxy groups -OCH3 is 1. The lowest BCUT2D eigenvalue weighted by atomic mass is 9.93. The molecule has 0 N–H and O–H groups in total. The Morgan fingerprint density at radius 3 is 2.87 bits per heavy atom. The van der Waals surface area contributed by atoms with Crippen LogP contribution in [0.15, 0.2) is 24.3 Å². The normalized spacial score (nSPS) is 24.9. The molecule has 1 aromatic carbocycles. The van der Waals surface area contributed by atoms with Crippen molar-refractivity contribution in [3.63, 3.8) is 0 Å². The molecular formula is C17H22N2O4. The number of carbonyl (C=O) groups is 2. The first-order valence-corrected chi connectivity index (χ1v) is 7.88. The second-order valence-electron chi connectivity index (χ2n) is 6.12. The van der Waals surface area contributed by atoms with E-state index >= 15 is 0 Å². The zero-order valence-electron chi connectivity index (χ0n) is 13.5. The molecule has 2 amide bonds. The van der Waals surface area contributed by atoms with Crippen LogP contribution in [0.1, 0.15) is 16.8 Å². The Kier molecular flexibility index (Phi) is 4.52. The van der Waals surface area contributed by atoms with Crippen LogP contribution < -0.4 is 4.74 Å². The highest BCUT2D eigenvalue weighted by Gasteiger charge is 2.36. The second kappa shape index (κ2) is 6.58. The molecule has 2 heterocycles. The van der Waals surface area contributed by atoms with Gasteiger partial charge < -0.3 is 19.3 Å². The summed E-state index contributed by atoms with van der Waals surface area (Å²) in [7, 11) is 3.35. The topological polar surface area (TPSA) is 59.1 Å². The second-order valence-corrected chi connectivity index (χ2v) is 6.12. The molecule has 0 saturated carbocycles. The molecule has 0 spiro atoms. The first-order chi connectivity index (χ1) is 11.1. The Balaban J connectivity index is 1.75. The summed E-state index contributed by atoms with van der Waals surface area (Å²) in [5.41, 5.74) is 0.576. The molecule has 2 aliphatic heterocycles. The van der Waals surface area contributed by atoms with Gasteiger partial charge in [-0.25, -0.2) is 0 Å². The lowest BCUT2D eigenvalue weighted by Gasteiger charge is -2.37. The molecule has 2 atom stereocenters. The van der Waals surface area contributed by atoms with Gasteiger partial charge in [0.1, 0.15) is 12.4 Å². The zero-order valence-corrected chi connectivity index (χ0v) is 13.5.